The van der Waals surface area contributed by atoms with Gasteiger partial charge < -0.3 is 9.15 Å². The van der Waals surface area contributed by atoms with Gasteiger partial charge in [-0.1, -0.05) is 36.4 Å². The number of carbonyl (C=O) groups is 1. The number of rotatable bonds is 4. The van der Waals surface area contributed by atoms with Crippen LogP contribution in [-0.2, 0) is 11.3 Å². The van der Waals surface area contributed by atoms with E-state index in [9.17, 15) is 4.79 Å². The van der Waals surface area contributed by atoms with Gasteiger partial charge in [0.15, 0.2) is 5.69 Å². The fraction of sp³-hybridized carbons (Fsp3) is 0.100. The van der Waals surface area contributed by atoms with E-state index >= 15 is 0 Å². The number of thiophene rings is 1. The van der Waals surface area contributed by atoms with E-state index in [1.165, 1.54) is 4.70 Å². The van der Waals surface area contributed by atoms with Crippen LogP contribution in [0.4, 0.5) is 0 Å². The lowest BCUT2D eigenvalue weighted by Gasteiger charge is -2.02. The van der Waals surface area contributed by atoms with Gasteiger partial charge in [0.25, 0.3) is 0 Å². The first kappa shape index (κ1) is 15.6. The smallest absolute Gasteiger partial charge is 0.360 e. The first-order valence-corrected chi connectivity index (χ1v) is 8.75. The predicted octanol–water partition coefficient (Wildman–Crippen LogP) is 5.22. The highest BCUT2D eigenvalue weighted by Gasteiger charge is 2.20. The number of esters is 1. The highest BCUT2D eigenvalue weighted by atomic mass is 32.1. The van der Waals surface area contributed by atoms with Crippen molar-refractivity contribution in [3.63, 3.8) is 0 Å². The Balaban J connectivity index is 1.53. The molecule has 124 valence electrons. The lowest BCUT2D eigenvalue weighted by molar-refractivity contribution is 0.0466. The van der Waals surface area contributed by atoms with E-state index in [0.29, 0.717) is 11.7 Å². The maximum Gasteiger partial charge on any atom is 0.360 e. The summed E-state index contributed by atoms with van der Waals surface area (Å²) in [5, 5.41) is 3.13. The maximum atomic E-state index is 12.4. The summed E-state index contributed by atoms with van der Waals surface area (Å²) < 4.78 is 12.3. The molecular formula is C20H15NO3S. The summed E-state index contributed by atoms with van der Waals surface area (Å²) in [7, 11) is 0. The Kier molecular flexibility index (Phi) is 4.07. The summed E-state index contributed by atoms with van der Waals surface area (Å²) in [4.78, 5) is 16.7. The van der Waals surface area contributed by atoms with Crippen LogP contribution in [0.5, 0.6) is 0 Å². The van der Waals surface area contributed by atoms with Gasteiger partial charge in [0.2, 0.25) is 5.89 Å². The molecule has 0 spiro atoms. The number of aryl methyl sites for hydroxylation is 1. The zero-order chi connectivity index (χ0) is 17.2. The molecule has 0 aliphatic rings. The molecule has 4 nitrogen and oxygen atoms in total. The molecule has 5 heteroatoms. The van der Waals surface area contributed by atoms with E-state index in [-0.39, 0.29) is 12.3 Å². The third kappa shape index (κ3) is 3.06. The minimum Gasteiger partial charge on any atom is -0.456 e. The number of fused-ring (bicyclic) bond motifs is 1. The second kappa shape index (κ2) is 6.53. The topological polar surface area (TPSA) is 52.3 Å². The van der Waals surface area contributed by atoms with Crippen molar-refractivity contribution in [2.45, 2.75) is 13.5 Å². The molecule has 0 aliphatic carbocycles. The number of oxazole rings is 1. The van der Waals surface area contributed by atoms with E-state index in [0.717, 1.165) is 16.5 Å². The van der Waals surface area contributed by atoms with Crippen LogP contribution in [0.15, 0.2) is 64.4 Å². The summed E-state index contributed by atoms with van der Waals surface area (Å²) in [6.45, 7) is 1.94. The quantitative estimate of drug-likeness (QED) is 0.474. The van der Waals surface area contributed by atoms with E-state index in [2.05, 4.69) is 11.1 Å². The van der Waals surface area contributed by atoms with Crippen LogP contribution in [0.1, 0.15) is 21.8 Å². The minimum absolute atomic E-state index is 0.218. The van der Waals surface area contributed by atoms with Gasteiger partial charge in [-0.2, -0.15) is 0 Å². The molecule has 25 heavy (non-hydrogen) atoms. The van der Waals surface area contributed by atoms with Gasteiger partial charge in [0.05, 0.1) is 0 Å². The second-order valence-electron chi connectivity index (χ2n) is 5.62. The average molecular weight is 349 g/mol. The van der Waals surface area contributed by atoms with Crippen molar-refractivity contribution in [1.82, 2.24) is 4.98 Å². The molecule has 0 radical (unpaired) electrons. The SMILES string of the molecule is Cc1oc(-c2ccccc2)nc1C(=O)OCc1csc2ccccc12. The molecule has 0 N–H and O–H groups in total. The monoisotopic (exact) mass is 349 g/mol. The van der Waals surface area contributed by atoms with Crippen molar-refractivity contribution in [1.29, 1.82) is 0 Å². The van der Waals surface area contributed by atoms with E-state index in [1.807, 2.05) is 53.9 Å². The second-order valence-corrected chi connectivity index (χ2v) is 6.53. The molecule has 0 saturated carbocycles. The molecule has 0 aliphatic heterocycles. The molecular weight excluding hydrogens is 334 g/mol. The zero-order valence-corrected chi connectivity index (χ0v) is 14.4. The first-order chi connectivity index (χ1) is 12.2. The Morgan fingerprint density at radius 2 is 1.88 bits per heavy atom. The van der Waals surface area contributed by atoms with Crippen molar-refractivity contribution >= 4 is 27.4 Å². The predicted molar refractivity (Wildman–Crippen MR) is 97.6 cm³/mol. The van der Waals surface area contributed by atoms with Crippen molar-refractivity contribution in [3.05, 3.63) is 77.0 Å². The molecule has 0 saturated heterocycles. The van der Waals surface area contributed by atoms with Crippen LogP contribution in [0.2, 0.25) is 0 Å². The first-order valence-electron chi connectivity index (χ1n) is 7.87. The Hall–Kier alpha value is -2.92. The van der Waals surface area contributed by atoms with Gasteiger partial charge in [0.1, 0.15) is 12.4 Å². The van der Waals surface area contributed by atoms with Crippen LogP contribution in [0, 0.1) is 6.92 Å². The molecule has 0 unspecified atom stereocenters. The molecule has 4 aromatic rings. The number of benzene rings is 2. The molecule has 0 bridgehead atoms. The molecule has 2 aromatic heterocycles. The van der Waals surface area contributed by atoms with Crippen molar-refractivity contribution in [2.24, 2.45) is 0 Å². The third-order valence-electron chi connectivity index (χ3n) is 3.93. The summed E-state index contributed by atoms with van der Waals surface area (Å²) in [5.41, 5.74) is 2.05. The summed E-state index contributed by atoms with van der Waals surface area (Å²) >= 11 is 1.64. The molecule has 0 amide bonds. The van der Waals surface area contributed by atoms with Crippen molar-refractivity contribution < 1.29 is 13.9 Å². The number of carbonyl (C=O) groups excluding carboxylic acids is 1. The lowest BCUT2D eigenvalue weighted by atomic mass is 10.2. The fourth-order valence-corrected chi connectivity index (χ4v) is 3.59. The molecule has 0 atom stereocenters. The summed E-state index contributed by atoms with van der Waals surface area (Å²) in [6.07, 6.45) is 0. The number of nitrogens with zero attached hydrogens (tertiary/aromatic N) is 1. The third-order valence-corrected chi connectivity index (χ3v) is 4.94. The normalized spacial score (nSPS) is 10.9. The van der Waals surface area contributed by atoms with Crippen LogP contribution in [0.25, 0.3) is 21.5 Å². The fourth-order valence-electron chi connectivity index (χ4n) is 2.65. The van der Waals surface area contributed by atoms with Crippen LogP contribution < -0.4 is 0 Å². The van der Waals surface area contributed by atoms with Gasteiger partial charge in [-0.15, -0.1) is 11.3 Å². The van der Waals surface area contributed by atoms with E-state index < -0.39 is 5.97 Å². The summed E-state index contributed by atoms with van der Waals surface area (Å²) in [6, 6.07) is 17.5. The van der Waals surface area contributed by atoms with Crippen LogP contribution >= 0.6 is 11.3 Å². The molecule has 2 heterocycles. The van der Waals surface area contributed by atoms with Crippen LogP contribution in [0.3, 0.4) is 0 Å². The number of hydrogen-bond acceptors (Lipinski definition) is 5. The number of aromatic nitrogens is 1. The Morgan fingerprint density at radius 3 is 2.72 bits per heavy atom. The molecule has 4 rings (SSSR count). The van der Waals surface area contributed by atoms with E-state index in [4.69, 9.17) is 9.15 Å². The highest BCUT2D eigenvalue weighted by molar-refractivity contribution is 7.17. The Morgan fingerprint density at radius 1 is 1.12 bits per heavy atom. The van der Waals surface area contributed by atoms with Gasteiger partial charge in [0, 0.05) is 15.8 Å². The maximum absolute atomic E-state index is 12.4. The van der Waals surface area contributed by atoms with Gasteiger partial charge in [-0.05, 0) is 35.9 Å². The highest BCUT2D eigenvalue weighted by Crippen LogP contribution is 2.27. The van der Waals surface area contributed by atoms with Gasteiger partial charge >= 0.3 is 5.97 Å². The Bertz CT molecular complexity index is 1030. The summed E-state index contributed by atoms with van der Waals surface area (Å²) in [5.74, 6) is 0.406. The average Bonchev–Trinajstić information content (AvgIpc) is 3.24. The van der Waals surface area contributed by atoms with Crippen molar-refractivity contribution in [2.75, 3.05) is 0 Å². The van der Waals surface area contributed by atoms with E-state index in [1.54, 1.807) is 18.3 Å². The standard InChI is InChI=1S/C20H15NO3S/c1-13-18(21-19(24-13)14-7-3-2-4-8-14)20(22)23-11-15-12-25-17-10-6-5-9-16(15)17/h2-10,12H,11H2,1H3. The van der Waals surface area contributed by atoms with Crippen LogP contribution in [-0.4, -0.2) is 11.0 Å². The zero-order valence-electron chi connectivity index (χ0n) is 13.6. The lowest BCUT2D eigenvalue weighted by Crippen LogP contribution is -2.07. The minimum atomic E-state index is -0.473. The number of hydrogen-bond donors (Lipinski definition) is 0. The molecule has 2 aromatic carbocycles. The molecule has 0 fully saturated rings. The van der Waals surface area contributed by atoms with Gasteiger partial charge in [-0.3, -0.25) is 0 Å². The Labute approximate surface area is 148 Å². The van der Waals surface area contributed by atoms with Crippen molar-refractivity contribution in [3.8, 4) is 11.5 Å². The largest absolute Gasteiger partial charge is 0.456 e. The number of ether oxygens (including phenoxy) is 1. The van der Waals surface area contributed by atoms with Gasteiger partial charge in [-0.25, -0.2) is 9.78 Å².